The number of rotatable bonds is 6. The number of carbonyl (C=O) groups excluding carboxylic acids is 1. The standard InChI is InChI=1S/C21H30O3/c1-4-23-20-9-17(13-22)5-6-19(20)24-14-21-10-15(2)7-18(12-21)8-16(3)11-21/h5-6,9,13,15-16,18H,4,7-8,10-12,14H2,1-3H3/t15-,16-,18?,21?/m1/s1. The molecule has 3 nitrogen and oxygen atoms in total. The van der Waals surface area contributed by atoms with Gasteiger partial charge >= 0.3 is 0 Å². The highest BCUT2D eigenvalue weighted by Crippen LogP contribution is 2.53. The zero-order valence-corrected chi connectivity index (χ0v) is 15.2. The van der Waals surface area contributed by atoms with E-state index in [1.54, 1.807) is 12.1 Å². The number of carbonyl (C=O) groups is 1. The van der Waals surface area contributed by atoms with Gasteiger partial charge in [-0.2, -0.15) is 0 Å². The Bertz CT molecular complexity index is 561. The fraction of sp³-hybridized carbons (Fsp3) is 0.667. The van der Waals surface area contributed by atoms with Crippen molar-refractivity contribution in [2.24, 2.45) is 23.2 Å². The Balaban J connectivity index is 1.75. The maximum atomic E-state index is 11.0. The van der Waals surface area contributed by atoms with Crippen LogP contribution in [0, 0.1) is 23.2 Å². The molecule has 0 aliphatic heterocycles. The molecule has 2 atom stereocenters. The molecule has 0 heterocycles. The van der Waals surface area contributed by atoms with Gasteiger partial charge in [-0.05, 0) is 75.0 Å². The van der Waals surface area contributed by atoms with E-state index in [0.717, 1.165) is 36.4 Å². The largest absolute Gasteiger partial charge is 0.490 e. The first kappa shape index (κ1) is 17.3. The lowest BCUT2D eigenvalue weighted by molar-refractivity contribution is -0.0170. The smallest absolute Gasteiger partial charge is 0.161 e. The second kappa shape index (κ2) is 7.16. The predicted octanol–water partition coefficient (Wildman–Crippen LogP) is 5.13. The van der Waals surface area contributed by atoms with E-state index in [1.165, 1.54) is 32.1 Å². The molecule has 3 rings (SSSR count). The molecule has 24 heavy (non-hydrogen) atoms. The van der Waals surface area contributed by atoms with E-state index in [4.69, 9.17) is 9.47 Å². The lowest BCUT2D eigenvalue weighted by Gasteiger charge is -2.49. The number of ether oxygens (including phenoxy) is 2. The molecule has 3 heteroatoms. The molecule has 0 saturated heterocycles. The third-order valence-electron chi connectivity index (χ3n) is 5.69. The molecule has 2 saturated carbocycles. The fourth-order valence-corrected chi connectivity index (χ4v) is 5.30. The first-order chi connectivity index (χ1) is 11.5. The van der Waals surface area contributed by atoms with E-state index in [1.807, 2.05) is 13.0 Å². The second-order valence-corrected chi connectivity index (χ2v) is 8.21. The summed E-state index contributed by atoms with van der Waals surface area (Å²) in [5.41, 5.74) is 0.939. The molecule has 2 aliphatic carbocycles. The number of benzene rings is 1. The molecular formula is C21H30O3. The van der Waals surface area contributed by atoms with Crippen molar-refractivity contribution in [1.82, 2.24) is 0 Å². The van der Waals surface area contributed by atoms with Gasteiger partial charge in [0.1, 0.15) is 6.29 Å². The monoisotopic (exact) mass is 330 g/mol. The summed E-state index contributed by atoms with van der Waals surface area (Å²) in [6.07, 6.45) is 7.45. The van der Waals surface area contributed by atoms with E-state index >= 15 is 0 Å². The van der Waals surface area contributed by atoms with E-state index in [9.17, 15) is 4.79 Å². The molecule has 2 aliphatic rings. The number of aldehydes is 1. The zero-order valence-electron chi connectivity index (χ0n) is 15.2. The van der Waals surface area contributed by atoms with Crippen molar-refractivity contribution in [2.45, 2.75) is 52.9 Å². The average molecular weight is 330 g/mol. The van der Waals surface area contributed by atoms with Gasteiger partial charge in [0.2, 0.25) is 0 Å². The van der Waals surface area contributed by atoms with Crippen LogP contribution in [0.5, 0.6) is 11.5 Å². The topological polar surface area (TPSA) is 35.5 Å². The first-order valence-corrected chi connectivity index (χ1v) is 9.38. The Hall–Kier alpha value is -1.51. The average Bonchev–Trinajstić information content (AvgIpc) is 2.52. The van der Waals surface area contributed by atoms with Crippen LogP contribution >= 0.6 is 0 Å². The molecule has 0 unspecified atom stereocenters. The van der Waals surface area contributed by atoms with Crippen LogP contribution in [-0.4, -0.2) is 19.5 Å². The number of hydrogen-bond acceptors (Lipinski definition) is 3. The highest BCUT2D eigenvalue weighted by atomic mass is 16.5. The normalized spacial score (nSPS) is 32.2. The van der Waals surface area contributed by atoms with Crippen molar-refractivity contribution in [2.75, 3.05) is 13.2 Å². The van der Waals surface area contributed by atoms with Crippen molar-refractivity contribution in [3.8, 4) is 11.5 Å². The molecule has 1 aromatic carbocycles. The SMILES string of the molecule is CCOc1cc(C=O)ccc1OCC12CC(C[C@@H](C)C1)C[C@@H](C)C2. The third-order valence-corrected chi connectivity index (χ3v) is 5.69. The molecule has 1 aromatic rings. The molecule has 2 fully saturated rings. The summed E-state index contributed by atoms with van der Waals surface area (Å²) in [5.74, 6) is 3.91. The fourth-order valence-electron chi connectivity index (χ4n) is 5.30. The molecule has 0 amide bonds. The molecule has 0 spiro atoms. The lowest BCUT2D eigenvalue weighted by Crippen LogP contribution is -2.42. The van der Waals surface area contributed by atoms with Crippen molar-refractivity contribution < 1.29 is 14.3 Å². The van der Waals surface area contributed by atoms with Crippen LogP contribution in [0.2, 0.25) is 0 Å². The summed E-state index contributed by atoms with van der Waals surface area (Å²) < 4.78 is 11.9. The van der Waals surface area contributed by atoms with Crippen molar-refractivity contribution in [3.05, 3.63) is 23.8 Å². The minimum absolute atomic E-state index is 0.312. The van der Waals surface area contributed by atoms with Gasteiger partial charge in [-0.1, -0.05) is 13.8 Å². The van der Waals surface area contributed by atoms with Gasteiger partial charge in [0.15, 0.2) is 11.5 Å². The summed E-state index contributed by atoms with van der Waals surface area (Å²) in [5, 5.41) is 0. The molecule has 132 valence electrons. The van der Waals surface area contributed by atoms with Crippen molar-refractivity contribution >= 4 is 6.29 Å². The molecule has 0 N–H and O–H groups in total. The molecular weight excluding hydrogens is 300 g/mol. The molecule has 0 aromatic heterocycles. The first-order valence-electron chi connectivity index (χ1n) is 9.38. The minimum atomic E-state index is 0.312. The van der Waals surface area contributed by atoms with Gasteiger partial charge in [-0.15, -0.1) is 0 Å². The van der Waals surface area contributed by atoms with Crippen LogP contribution in [0.3, 0.4) is 0 Å². The third kappa shape index (κ3) is 3.76. The van der Waals surface area contributed by atoms with Gasteiger partial charge in [-0.3, -0.25) is 4.79 Å². The quantitative estimate of drug-likeness (QED) is 0.678. The van der Waals surface area contributed by atoms with E-state index in [2.05, 4.69) is 13.8 Å². The van der Waals surface area contributed by atoms with Gasteiger partial charge in [0.05, 0.1) is 13.2 Å². The Morgan fingerprint density at radius 1 is 1.08 bits per heavy atom. The van der Waals surface area contributed by atoms with Gasteiger partial charge in [-0.25, -0.2) is 0 Å². The van der Waals surface area contributed by atoms with Gasteiger partial charge in [0.25, 0.3) is 0 Å². The Labute approximate surface area is 145 Å². The van der Waals surface area contributed by atoms with Crippen LogP contribution in [-0.2, 0) is 0 Å². The lowest BCUT2D eigenvalue weighted by atomic mass is 9.57. The van der Waals surface area contributed by atoms with Gasteiger partial charge < -0.3 is 9.47 Å². The second-order valence-electron chi connectivity index (χ2n) is 8.21. The summed E-state index contributed by atoms with van der Waals surface area (Å²) in [6.45, 7) is 8.06. The summed E-state index contributed by atoms with van der Waals surface area (Å²) in [6, 6.07) is 5.46. The maximum Gasteiger partial charge on any atom is 0.161 e. The number of hydrogen-bond donors (Lipinski definition) is 0. The highest BCUT2D eigenvalue weighted by molar-refractivity contribution is 5.76. The van der Waals surface area contributed by atoms with E-state index in [0.29, 0.717) is 23.3 Å². The van der Waals surface area contributed by atoms with Crippen LogP contribution in [0.1, 0.15) is 63.2 Å². The van der Waals surface area contributed by atoms with Crippen LogP contribution in [0.15, 0.2) is 18.2 Å². The molecule has 0 radical (unpaired) electrons. The van der Waals surface area contributed by atoms with Crippen LogP contribution in [0.4, 0.5) is 0 Å². The summed E-state index contributed by atoms with van der Waals surface area (Å²) in [7, 11) is 0. The van der Waals surface area contributed by atoms with Crippen LogP contribution in [0.25, 0.3) is 0 Å². The highest BCUT2D eigenvalue weighted by Gasteiger charge is 2.44. The van der Waals surface area contributed by atoms with Crippen LogP contribution < -0.4 is 9.47 Å². The zero-order chi connectivity index (χ0) is 17.2. The minimum Gasteiger partial charge on any atom is -0.490 e. The Morgan fingerprint density at radius 3 is 2.42 bits per heavy atom. The van der Waals surface area contributed by atoms with Gasteiger partial charge in [0, 0.05) is 11.0 Å². The Kier molecular flexibility index (Phi) is 5.17. The predicted molar refractivity (Wildman–Crippen MR) is 95.8 cm³/mol. The van der Waals surface area contributed by atoms with E-state index < -0.39 is 0 Å². The Morgan fingerprint density at radius 2 is 1.79 bits per heavy atom. The number of fused-ring (bicyclic) bond motifs is 2. The summed E-state index contributed by atoms with van der Waals surface area (Å²) >= 11 is 0. The molecule has 2 bridgehead atoms. The summed E-state index contributed by atoms with van der Waals surface area (Å²) in [4.78, 5) is 11.0. The van der Waals surface area contributed by atoms with Crippen molar-refractivity contribution in [3.63, 3.8) is 0 Å². The van der Waals surface area contributed by atoms with E-state index in [-0.39, 0.29) is 0 Å². The maximum absolute atomic E-state index is 11.0. The van der Waals surface area contributed by atoms with Crippen molar-refractivity contribution in [1.29, 1.82) is 0 Å².